The molecule has 1 amide bonds. The first-order valence-corrected chi connectivity index (χ1v) is 8.76. The SMILES string of the molecule is CCC(C)c1ccc(NC(=O)C(C)N(C)Cc2ccccc2F)cc1. The Morgan fingerprint density at radius 1 is 1.12 bits per heavy atom. The van der Waals surface area contributed by atoms with Crippen molar-refractivity contribution in [3.63, 3.8) is 0 Å². The monoisotopic (exact) mass is 342 g/mol. The van der Waals surface area contributed by atoms with E-state index in [1.54, 1.807) is 18.2 Å². The number of nitrogens with zero attached hydrogens (tertiary/aromatic N) is 1. The van der Waals surface area contributed by atoms with Crippen LogP contribution in [0.25, 0.3) is 0 Å². The second-order valence-corrected chi connectivity index (χ2v) is 6.60. The van der Waals surface area contributed by atoms with Gasteiger partial charge in [-0.05, 0) is 50.1 Å². The number of amides is 1. The molecule has 134 valence electrons. The second kappa shape index (κ2) is 8.77. The Kier molecular flexibility index (Phi) is 6.71. The van der Waals surface area contributed by atoms with Crippen LogP contribution in [0.5, 0.6) is 0 Å². The minimum Gasteiger partial charge on any atom is -0.325 e. The molecule has 0 radical (unpaired) electrons. The molecule has 2 atom stereocenters. The largest absolute Gasteiger partial charge is 0.325 e. The van der Waals surface area contributed by atoms with Crippen molar-refractivity contribution in [3.8, 4) is 0 Å². The number of halogens is 1. The van der Waals surface area contributed by atoms with Crippen LogP contribution in [0.1, 0.15) is 44.2 Å². The molecule has 0 aromatic heterocycles. The minimum absolute atomic E-state index is 0.102. The maximum atomic E-state index is 13.8. The molecule has 0 saturated carbocycles. The van der Waals surface area contributed by atoms with Gasteiger partial charge in [0.2, 0.25) is 5.91 Å². The molecule has 4 heteroatoms. The molecule has 2 unspecified atom stereocenters. The summed E-state index contributed by atoms with van der Waals surface area (Å²) >= 11 is 0. The molecule has 2 aromatic carbocycles. The van der Waals surface area contributed by atoms with Crippen LogP contribution in [0, 0.1) is 5.82 Å². The maximum absolute atomic E-state index is 13.8. The lowest BCUT2D eigenvalue weighted by molar-refractivity contribution is -0.120. The Hall–Kier alpha value is -2.20. The molecule has 0 saturated heterocycles. The maximum Gasteiger partial charge on any atom is 0.241 e. The average Bonchev–Trinajstić information content (AvgIpc) is 2.62. The predicted molar refractivity (Wildman–Crippen MR) is 101 cm³/mol. The number of hydrogen-bond donors (Lipinski definition) is 1. The highest BCUT2D eigenvalue weighted by Gasteiger charge is 2.19. The van der Waals surface area contributed by atoms with E-state index in [1.807, 2.05) is 31.0 Å². The van der Waals surface area contributed by atoms with Gasteiger partial charge in [-0.3, -0.25) is 9.69 Å². The molecule has 0 bridgehead atoms. The standard InChI is InChI=1S/C21H27FN2O/c1-5-15(2)17-10-12-19(13-11-17)23-21(25)16(3)24(4)14-18-8-6-7-9-20(18)22/h6-13,15-16H,5,14H2,1-4H3,(H,23,25). The van der Waals surface area contributed by atoms with Crippen LogP contribution >= 0.6 is 0 Å². The highest BCUT2D eigenvalue weighted by molar-refractivity contribution is 5.94. The highest BCUT2D eigenvalue weighted by Crippen LogP contribution is 2.20. The van der Waals surface area contributed by atoms with E-state index in [4.69, 9.17) is 0 Å². The summed E-state index contributed by atoms with van der Waals surface area (Å²) in [4.78, 5) is 14.3. The molecule has 25 heavy (non-hydrogen) atoms. The van der Waals surface area contributed by atoms with Gasteiger partial charge >= 0.3 is 0 Å². The van der Waals surface area contributed by atoms with Crippen LogP contribution in [0.4, 0.5) is 10.1 Å². The van der Waals surface area contributed by atoms with Gasteiger partial charge in [-0.1, -0.05) is 44.2 Å². The van der Waals surface area contributed by atoms with E-state index < -0.39 is 0 Å². The second-order valence-electron chi connectivity index (χ2n) is 6.60. The number of likely N-dealkylation sites (N-methyl/N-ethyl adjacent to an activating group) is 1. The van der Waals surface area contributed by atoms with Crippen molar-refractivity contribution in [1.82, 2.24) is 4.90 Å². The highest BCUT2D eigenvalue weighted by atomic mass is 19.1. The summed E-state index contributed by atoms with van der Waals surface area (Å²) in [5.74, 6) is 0.160. The molecular weight excluding hydrogens is 315 g/mol. The Bertz CT molecular complexity index is 699. The van der Waals surface area contributed by atoms with E-state index in [2.05, 4.69) is 31.3 Å². The van der Waals surface area contributed by atoms with Gasteiger partial charge in [0.05, 0.1) is 6.04 Å². The fourth-order valence-corrected chi connectivity index (χ4v) is 2.61. The third-order valence-electron chi connectivity index (χ3n) is 4.78. The van der Waals surface area contributed by atoms with Crippen molar-refractivity contribution in [2.45, 2.75) is 45.7 Å². The minimum atomic E-state index is -0.367. The van der Waals surface area contributed by atoms with Gasteiger partial charge in [0.25, 0.3) is 0 Å². The van der Waals surface area contributed by atoms with Crippen molar-refractivity contribution in [1.29, 1.82) is 0 Å². The Morgan fingerprint density at radius 3 is 2.36 bits per heavy atom. The molecule has 0 aliphatic carbocycles. The van der Waals surface area contributed by atoms with Crippen LogP contribution in [0.3, 0.4) is 0 Å². The Balaban J connectivity index is 1.96. The molecule has 3 nitrogen and oxygen atoms in total. The van der Waals surface area contributed by atoms with Gasteiger partial charge in [-0.25, -0.2) is 4.39 Å². The number of carbonyl (C=O) groups is 1. The van der Waals surface area contributed by atoms with Crippen LogP contribution < -0.4 is 5.32 Å². The number of hydrogen-bond acceptors (Lipinski definition) is 2. The van der Waals surface area contributed by atoms with Crippen molar-refractivity contribution in [2.24, 2.45) is 0 Å². The third-order valence-corrected chi connectivity index (χ3v) is 4.78. The van der Waals surface area contributed by atoms with E-state index >= 15 is 0 Å². The Morgan fingerprint density at radius 2 is 1.76 bits per heavy atom. The molecular formula is C21H27FN2O. The quantitative estimate of drug-likeness (QED) is 0.784. The summed E-state index contributed by atoms with van der Waals surface area (Å²) in [5.41, 5.74) is 2.64. The van der Waals surface area contributed by atoms with Crippen molar-refractivity contribution in [2.75, 3.05) is 12.4 Å². The number of anilines is 1. The van der Waals surface area contributed by atoms with E-state index in [0.717, 1.165) is 12.1 Å². The number of nitrogens with one attached hydrogen (secondary N) is 1. The summed E-state index contributed by atoms with van der Waals surface area (Å²) in [6.07, 6.45) is 1.09. The van der Waals surface area contributed by atoms with Crippen molar-refractivity contribution in [3.05, 3.63) is 65.5 Å². The fraction of sp³-hybridized carbons (Fsp3) is 0.381. The van der Waals surface area contributed by atoms with Crippen molar-refractivity contribution >= 4 is 11.6 Å². The normalized spacial score (nSPS) is 13.5. The van der Waals surface area contributed by atoms with E-state index in [-0.39, 0.29) is 17.8 Å². The smallest absolute Gasteiger partial charge is 0.241 e. The van der Waals surface area contributed by atoms with Crippen LogP contribution in [0.15, 0.2) is 48.5 Å². The van der Waals surface area contributed by atoms with Crippen LogP contribution in [-0.4, -0.2) is 23.9 Å². The molecule has 2 aromatic rings. The van der Waals surface area contributed by atoms with Crippen molar-refractivity contribution < 1.29 is 9.18 Å². The molecule has 0 aliphatic heterocycles. The average molecular weight is 342 g/mol. The zero-order valence-corrected chi connectivity index (χ0v) is 15.4. The first-order valence-electron chi connectivity index (χ1n) is 8.76. The summed E-state index contributed by atoms with van der Waals surface area (Å²) in [6.45, 7) is 6.55. The first-order chi connectivity index (χ1) is 11.9. The lowest BCUT2D eigenvalue weighted by Gasteiger charge is -2.24. The van der Waals surface area contributed by atoms with Crippen LogP contribution in [-0.2, 0) is 11.3 Å². The lowest BCUT2D eigenvalue weighted by Crippen LogP contribution is -2.39. The number of rotatable bonds is 7. The van der Waals surface area contributed by atoms with Gasteiger partial charge in [0.1, 0.15) is 5.82 Å². The number of carbonyl (C=O) groups excluding carboxylic acids is 1. The lowest BCUT2D eigenvalue weighted by atomic mass is 9.98. The zero-order chi connectivity index (χ0) is 18.4. The molecule has 1 N–H and O–H groups in total. The summed E-state index contributed by atoms with van der Waals surface area (Å²) in [6, 6.07) is 14.2. The Labute approximate surface area is 149 Å². The van der Waals surface area contributed by atoms with Gasteiger partial charge in [-0.2, -0.15) is 0 Å². The van der Waals surface area contributed by atoms with E-state index in [0.29, 0.717) is 18.0 Å². The van der Waals surface area contributed by atoms with Gasteiger partial charge in [0, 0.05) is 17.8 Å². The third kappa shape index (κ3) is 5.13. The number of benzene rings is 2. The van der Waals surface area contributed by atoms with Gasteiger partial charge in [0.15, 0.2) is 0 Å². The molecule has 0 heterocycles. The fourth-order valence-electron chi connectivity index (χ4n) is 2.61. The summed E-state index contributed by atoms with van der Waals surface area (Å²) < 4.78 is 13.8. The topological polar surface area (TPSA) is 32.3 Å². The van der Waals surface area contributed by atoms with E-state index in [1.165, 1.54) is 11.6 Å². The molecule has 2 rings (SSSR count). The predicted octanol–water partition coefficient (Wildman–Crippen LogP) is 4.80. The van der Waals surface area contributed by atoms with Crippen LogP contribution in [0.2, 0.25) is 0 Å². The summed E-state index contributed by atoms with van der Waals surface area (Å²) in [7, 11) is 1.82. The zero-order valence-electron chi connectivity index (χ0n) is 15.4. The molecule has 0 aliphatic rings. The molecule has 0 spiro atoms. The summed E-state index contributed by atoms with van der Waals surface area (Å²) in [5, 5.41) is 2.93. The van der Waals surface area contributed by atoms with Gasteiger partial charge in [-0.15, -0.1) is 0 Å². The first kappa shape index (κ1) is 19.1. The van der Waals surface area contributed by atoms with Gasteiger partial charge < -0.3 is 5.32 Å². The van der Waals surface area contributed by atoms with E-state index in [9.17, 15) is 9.18 Å². The molecule has 0 fully saturated rings.